The Hall–Kier alpha value is -1.53. The first-order valence-corrected chi connectivity index (χ1v) is 4.33. The highest BCUT2D eigenvalue weighted by Crippen LogP contribution is 2.10. The molecule has 1 rings (SSSR count). The number of aliphatic hydroxyl groups is 2. The molecule has 0 saturated heterocycles. The smallest absolute Gasteiger partial charge is 0.203 e. The molecule has 0 aromatic rings. The van der Waals surface area contributed by atoms with Gasteiger partial charge in [0, 0.05) is 6.08 Å². The predicted octanol–water partition coefficient (Wildman–Crippen LogP) is -1.20. The number of nitrogens with one attached hydrogen (secondary N) is 1. The van der Waals surface area contributed by atoms with Crippen LogP contribution in [0.5, 0.6) is 0 Å². The minimum absolute atomic E-state index is 0.163. The second-order valence-corrected chi connectivity index (χ2v) is 3.10. The maximum absolute atomic E-state index is 11.2. The summed E-state index contributed by atoms with van der Waals surface area (Å²) in [4.78, 5) is 22.2. The Balaban J connectivity index is 2.61. The van der Waals surface area contributed by atoms with Gasteiger partial charge >= 0.3 is 0 Å². The van der Waals surface area contributed by atoms with Gasteiger partial charge in [0.05, 0.1) is 18.7 Å². The minimum Gasteiger partial charge on any atom is -0.487 e. The van der Waals surface area contributed by atoms with E-state index in [0.29, 0.717) is 0 Å². The fourth-order valence-electron chi connectivity index (χ4n) is 0.982. The Labute approximate surface area is 85.7 Å². The van der Waals surface area contributed by atoms with Crippen LogP contribution in [0.25, 0.3) is 0 Å². The highest BCUT2D eigenvalue weighted by atomic mass is 16.5. The fourth-order valence-corrected chi connectivity index (χ4v) is 0.982. The van der Waals surface area contributed by atoms with Crippen LogP contribution in [0.15, 0.2) is 11.8 Å². The fraction of sp³-hybridized carbons (Fsp3) is 0.444. The van der Waals surface area contributed by atoms with E-state index in [0.717, 1.165) is 6.08 Å². The van der Waals surface area contributed by atoms with Crippen molar-refractivity contribution in [1.82, 2.24) is 0 Å². The summed E-state index contributed by atoms with van der Waals surface area (Å²) in [5.74, 6) is -1.20. The van der Waals surface area contributed by atoms with E-state index in [1.54, 1.807) is 0 Å². The summed E-state index contributed by atoms with van der Waals surface area (Å²) in [6.45, 7) is -0.736. The minimum atomic E-state index is -1.09. The summed E-state index contributed by atoms with van der Waals surface area (Å²) in [6.07, 6.45) is -0.437. The summed E-state index contributed by atoms with van der Waals surface area (Å²) in [6, 6.07) is 0. The number of ketones is 2. The first kappa shape index (κ1) is 11.5. The van der Waals surface area contributed by atoms with Gasteiger partial charge in [-0.25, -0.2) is 0 Å². The lowest BCUT2D eigenvalue weighted by Gasteiger charge is -2.14. The largest absolute Gasteiger partial charge is 0.487 e. The van der Waals surface area contributed by atoms with Gasteiger partial charge in [0.2, 0.25) is 11.6 Å². The summed E-state index contributed by atoms with van der Waals surface area (Å²) < 4.78 is 4.85. The highest BCUT2D eigenvalue weighted by molar-refractivity contribution is 6.48. The first-order chi connectivity index (χ1) is 7.04. The molecule has 82 valence electrons. The number of hydrogen-bond acceptors (Lipinski definition) is 6. The van der Waals surface area contributed by atoms with Crippen molar-refractivity contribution in [3.8, 4) is 0 Å². The number of ether oxygens (including phenoxy) is 1. The summed E-state index contributed by atoms with van der Waals surface area (Å²) in [5, 5.41) is 24.5. The van der Waals surface area contributed by atoms with E-state index in [1.165, 1.54) is 0 Å². The van der Waals surface area contributed by atoms with Crippen molar-refractivity contribution < 1.29 is 24.5 Å². The molecule has 0 spiro atoms. The Bertz CT molecular complexity index is 333. The monoisotopic (exact) mass is 213 g/mol. The van der Waals surface area contributed by atoms with E-state index in [-0.39, 0.29) is 24.5 Å². The number of allylic oxidation sites excluding steroid dienone is 2. The van der Waals surface area contributed by atoms with E-state index >= 15 is 0 Å². The zero-order valence-corrected chi connectivity index (χ0v) is 7.90. The van der Waals surface area contributed by atoms with Crippen LogP contribution < -0.4 is 0 Å². The molecule has 0 fully saturated rings. The van der Waals surface area contributed by atoms with Crippen molar-refractivity contribution in [2.45, 2.75) is 12.5 Å². The zero-order valence-electron chi connectivity index (χ0n) is 7.90. The summed E-state index contributed by atoms with van der Waals surface area (Å²) in [7, 11) is 0. The van der Waals surface area contributed by atoms with Crippen LogP contribution in [-0.4, -0.2) is 46.8 Å². The number of aliphatic hydroxyl groups excluding tert-OH is 2. The second kappa shape index (κ2) is 4.81. The molecule has 0 saturated carbocycles. The molecule has 0 amide bonds. The number of carbonyl (C=O) groups excluding carboxylic acids is 2. The molecule has 1 atom stereocenters. The molecule has 3 N–H and O–H groups in total. The molecule has 0 aromatic carbocycles. The quantitative estimate of drug-likeness (QED) is 0.543. The number of carbonyl (C=O) groups is 2. The number of rotatable bonds is 4. The molecule has 1 aliphatic rings. The molecule has 1 unspecified atom stereocenters. The molecule has 15 heavy (non-hydrogen) atoms. The lowest BCUT2D eigenvalue weighted by Crippen LogP contribution is -2.27. The van der Waals surface area contributed by atoms with Gasteiger partial charge < -0.3 is 20.4 Å². The zero-order chi connectivity index (χ0) is 11.4. The van der Waals surface area contributed by atoms with Crippen LogP contribution in [0.3, 0.4) is 0 Å². The molecule has 6 heteroatoms. The Morgan fingerprint density at radius 2 is 2.20 bits per heavy atom. The van der Waals surface area contributed by atoms with Crippen molar-refractivity contribution in [3.05, 3.63) is 11.8 Å². The van der Waals surface area contributed by atoms with Crippen LogP contribution in [0.4, 0.5) is 0 Å². The molecule has 6 nitrogen and oxygen atoms in total. The third kappa shape index (κ3) is 2.97. The van der Waals surface area contributed by atoms with E-state index in [9.17, 15) is 9.59 Å². The SMILES string of the molecule is N=C1CC(=O)C(OCC(O)CO)=CC1=O. The first-order valence-electron chi connectivity index (χ1n) is 4.33. The average Bonchev–Trinajstić information content (AvgIpc) is 2.21. The van der Waals surface area contributed by atoms with Gasteiger partial charge in [-0.2, -0.15) is 0 Å². The molecule has 0 aromatic heterocycles. The second-order valence-electron chi connectivity index (χ2n) is 3.10. The van der Waals surface area contributed by atoms with Crippen molar-refractivity contribution in [2.75, 3.05) is 13.2 Å². The third-order valence-electron chi connectivity index (χ3n) is 1.81. The van der Waals surface area contributed by atoms with E-state index in [4.69, 9.17) is 20.4 Å². The van der Waals surface area contributed by atoms with E-state index in [1.807, 2.05) is 0 Å². The van der Waals surface area contributed by atoms with Crippen LogP contribution in [0, 0.1) is 5.41 Å². The van der Waals surface area contributed by atoms with Gasteiger partial charge in [-0.3, -0.25) is 9.59 Å². The Morgan fingerprint density at radius 1 is 1.53 bits per heavy atom. The number of Topliss-reactive ketones (excluding diaryl/α,β-unsaturated/α-hetero) is 1. The van der Waals surface area contributed by atoms with Gasteiger partial charge in [-0.1, -0.05) is 0 Å². The van der Waals surface area contributed by atoms with Crippen molar-refractivity contribution in [1.29, 1.82) is 5.41 Å². The summed E-state index contributed by atoms with van der Waals surface area (Å²) in [5.41, 5.74) is -0.268. The number of hydrogen-bond donors (Lipinski definition) is 3. The average molecular weight is 213 g/mol. The Kier molecular flexibility index (Phi) is 3.70. The van der Waals surface area contributed by atoms with Gasteiger partial charge in [0.25, 0.3) is 0 Å². The van der Waals surface area contributed by atoms with Crippen molar-refractivity contribution in [2.24, 2.45) is 0 Å². The maximum atomic E-state index is 11.2. The molecule has 0 bridgehead atoms. The standard InChI is InChI=1S/C9H11NO5/c10-6-1-8(14)9(2-7(6)13)15-4-5(12)3-11/h2,5,10-12H,1,3-4H2. The summed E-state index contributed by atoms with van der Waals surface area (Å²) >= 11 is 0. The van der Waals surface area contributed by atoms with Crippen molar-refractivity contribution in [3.63, 3.8) is 0 Å². The molecular formula is C9H11NO5. The van der Waals surface area contributed by atoms with Gasteiger partial charge in [-0.05, 0) is 0 Å². The topological polar surface area (TPSA) is 108 Å². The predicted molar refractivity (Wildman–Crippen MR) is 49.5 cm³/mol. The lowest BCUT2D eigenvalue weighted by molar-refractivity contribution is -0.120. The molecule has 0 aliphatic heterocycles. The molecule has 0 heterocycles. The van der Waals surface area contributed by atoms with Gasteiger partial charge in [0.15, 0.2) is 5.76 Å². The maximum Gasteiger partial charge on any atom is 0.203 e. The Morgan fingerprint density at radius 3 is 2.80 bits per heavy atom. The van der Waals surface area contributed by atoms with Crippen LogP contribution in [0.2, 0.25) is 0 Å². The molecule has 0 radical (unpaired) electrons. The lowest BCUT2D eigenvalue weighted by atomic mass is 10.0. The highest BCUT2D eigenvalue weighted by Gasteiger charge is 2.24. The van der Waals surface area contributed by atoms with Crippen molar-refractivity contribution >= 4 is 17.3 Å². The van der Waals surface area contributed by atoms with E-state index in [2.05, 4.69) is 0 Å². The van der Waals surface area contributed by atoms with Crippen LogP contribution in [-0.2, 0) is 14.3 Å². The normalized spacial score (nSPS) is 18.8. The van der Waals surface area contributed by atoms with E-state index < -0.39 is 24.3 Å². The molecule has 1 aliphatic carbocycles. The third-order valence-corrected chi connectivity index (χ3v) is 1.81. The van der Waals surface area contributed by atoms with Crippen LogP contribution >= 0.6 is 0 Å². The molecular weight excluding hydrogens is 202 g/mol. The van der Waals surface area contributed by atoms with Gasteiger partial charge in [0.1, 0.15) is 12.7 Å². The van der Waals surface area contributed by atoms with Gasteiger partial charge in [-0.15, -0.1) is 0 Å². The van der Waals surface area contributed by atoms with Crippen LogP contribution in [0.1, 0.15) is 6.42 Å².